The van der Waals surface area contributed by atoms with Gasteiger partial charge >= 0.3 is 0 Å². The highest BCUT2D eigenvalue weighted by molar-refractivity contribution is 5.80. The van der Waals surface area contributed by atoms with E-state index in [1.165, 1.54) is 161 Å². The van der Waals surface area contributed by atoms with E-state index in [2.05, 4.69) is 24.5 Å². The maximum atomic E-state index is 13.8. The summed E-state index contributed by atoms with van der Waals surface area (Å²) >= 11 is 0. The molecule has 4 fully saturated rings. The van der Waals surface area contributed by atoms with Gasteiger partial charge in [0.15, 0.2) is 25.2 Å². The molecule has 2 amide bonds. The van der Waals surface area contributed by atoms with Gasteiger partial charge in [-0.1, -0.05) is 239 Å². The maximum Gasteiger partial charge on any atom is 0.249 e. The van der Waals surface area contributed by atoms with Gasteiger partial charge in [0.25, 0.3) is 0 Å². The fourth-order valence-corrected chi connectivity index (χ4v) is 13.4. The molecule has 97 heavy (non-hydrogen) atoms. The van der Waals surface area contributed by atoms with Crippen LogP contribution in [0.15, 0.2) is 0 Å². The van der Waals surface area contributed by atoms with Crippen molar-refractivity contribution < 1.29 is 119 Å². The van der Waals surface area contributed by atoms with Crippen molar-refractivity contribution in [3.8, 4) is 0 Å². The molecule has 0 aromatic rings. The molecule has 0 aliphatic carbocycles. The molecule has 4 aliphatic heterocycles. The van der Waals surface area contributed by atoms with E-state index in [1.54, 1.807) is 0 Å². The molecular weight excluding hydrogens is 1260 g/mol. The van der Waals surface area contributed by atoms with Crippen molar-refractivity contribution in [3.63, 3.8) is 0 Å². The molecule has 4 heterocycles. The van der Waals surface area contributed by atoms with E-state index in [0.717, 1.165) is 64.7 Å². The Balaban J connectivity index is 1.36. The number of ether oxygens (including phenoxy) is 8. The summed E-state index contributed by atoms with van der Waals surface area (Å²) in [5.41, 5.74) is 0. The topological polar surface area (TPSA) is 415 Å². The molecule has 24 atom stereocenters. The molecular formula is C71H134N2O24. The molecule has 4 rings (SSSR count). The quantitative estimate of drug-likeness (QED) is 0.0373. The van der Waals surface area contributed by atoms with E-state index < -0.39 is 185 Å². The minimum Gasteiger partial charge on any atom is -0.394 e. The molecule has 0 radical (unpaired) electrons. The van der Waals surface area contributed by atoms with Gasteiger partial charge in [0.1, 0.15) is 104 Å². The molecule has 572 valence electrons. The lowest BCUT2D eigenvalue weighted by atomic mass is 9.96. The van der Waals surface area contributed by atoms with Crippen molar-refractivity contribution in [2.24, 2.45) is 0 Å². The van der Waals surface area contributed by atoms with Gasteiger partial charge in [0.2, 0.25) is 11.8 Å². The first kappa shape index (κ1) is 87.5. The van der Waals surface area contributed by atoms with Crippen LogP contribution in [0.1, 0.15) is 265 Å². The molecule has 24 unspecified atom stereocenters. The average Bonchev–Trinajstić information content (AvgIpc) is 1.28. The van der Waals surface area contributed by atoms with E-state index >= 15 is 0 Å². The number of hydrogen-bond acceptors (Lipinski definition) is 24. The summed E-state index contributed by atoms with van der Waals surface area (Å²) in [4.78, 5) is 26.1. The van der Waals surface area contributed by atoms with Gasteiger partial charge in [-0.2, -0.15) is 0 Å². The third-order valence-electron chi connectivity index (χ3n) is 19.7. The van der Waals surface area contributed by atoms with Crippen molar-refractivity contribution in [3.05, 3.63) is 0 Å². The zero-order valence-corrected chi connectivity index (χ0v) is 59.2. The van der Waals surface area contributed by atoms with Crippen LogP contribution < -0.4 is 10.6 Å². The van der Waals surface area contributed by atoms with Crippen molar-refractivity contribution in [1.29, 1.82) is 0 Å². The second kappa shape index (κ2) is 50.5. The van der Waals surface area contributed by atoms with Gasteiger partial charge in [-0.15, -0.1) is 0 Å². The fraction of sp³-hybridized carbons (Fsp3) is 0.972. The summed E-state index contributed by atoms with van der Waals surface area (Å²) in [7, 11) is 0. The van der Waals surface area contributed by atoms with Gasteiger partial charge in [-0.25, -0.2) is 0 Å². The Kier molecular flexibility index (Phi) is 45.5. The van der Waals surface area contributed by atoms with Gasteiger partial charge in [-0.05, 0) is 19.8 Å². The Morgan fingerprint density at radius 2 is 0.814 bits per heavy atom. The number of aliphatic hydroxyl groups excluding tert-OH is 14. The highest BCUT2D eigenvalue weighted by Crippen LogP contribution is 2.33. The standard InChI is InChI=1S/C71H134N2O24/c1-5-7-9-11-13-15-17-19-21-22-23-24-25-27-29-31-33-35-37-39-41-50(78)67(89)73-48(55(79)49(77)40-38-36-34-32-30-28-26-20-18-16-14-12-10-8-6-2)43-90-71-66(61(85)56(80)51(42-74)93-71)97-70-63(87)60(84)58(82)53(95-70)44-91-68-54(72-47(4)76)59(83)57(81)52(94-68)45-92-69-64(88)62(86)65(96-69)46(3)75/h46,48-66,68-71,74-75,77-88H,5-45H2,1-4H3,(H,72,76)(H,73,89). The molecule has 0 saturated carbocycles. The highest BCUT2D eigenvalue weighted by atomic mass is 16.8. The van der Waals surface area contributed by atoms with E-state index in [1.807, 2.05) is 0 Å². The summed E-state index contributed by atoms with van der Waals surface area (Å²) < 4.78 is 46.8. The summed E-state index contributed by atoms with van der Waals surface area (Å²) in [6, 6.07) is -2.92. The van der Waals surface area contributed by atoms with Gasteiger partial charge in [0.05, 0.1) is 44.7 Å². The lowest BCUT2D eigenvalue weighted by Crippen LogP contribution is -2.66. The summed E-state index contributed by atoms with van der Waals surface area (Å²) in [5.74, 6) is -1.53. The molecule has 0 bridgehead atoms. The number of carbonyl (C=O) groups excluding carboxylic acids is 2. The number of hydrogen-bond donors (Lipinski definition) is 16. The van der Waals surface area contributed by atoms with E-state index in [9.17, 15) is 81.1 Å². The predicted octanol–water partition coefficient (Wildman–Crippen LogP) is 4.49. The third-order valence-corrected chi connectivity index (χ3v) is 19.7. The Morgan fingerprint density at radius 1 is 0.423 bits per heavy atom. The van der Waals surface area contributed by atoms with Crippen molar-refractivity contribution in [2.75, 3.05) is 26.4 Å². The van der Waals surface area contributed by atoms with Crippen LogP contribution in [0.3, 0.4) is 0 Å². The summed E-state index contributed by atoms with van der Waals surface area (Å²) in [6.45, 7) is 4.02. The van der Waals surface area contributed by atoms with Crippen LogP contribution in [-0.2, 0) is 47.5 Å². The zero-order valence-electron chi connectivity index (χ0n) is 59.2. The van der Waals surface area contributed by atoms with Crippen molar-refractivity contribution in [2.45, 2.75) is 412 Å². The zero-order chi connectivity index (χ0) is 71.1. The minimum atomic E-state index is -2.09. The normalized spacial score (nSPS) is 31.6. The first-order chi connectivity index (χ1) is 46.7. The highest BCUT2D eigenvalue weighted by Gasteiger charge is 2.53. The first-order valence-electron chi connectivity index (χ1n) is 37.8. The van der Waals surface area contributed by atoms with E-state index in [4.69, 9.17) is 37.9 Å². The van der Waals surface area contributed by atoms with Crippen LogP contribution in [0, 0.1) is 0 Å². The van der Waals surface area contributed by atoms with Crippen LogP contribution in [-0.4, -0.2) is 257 Å². The molecule has 0 aromatic heterocycles. The van der Waals surface area contributed by atoms with Crippen molar-refractivity contribution >= 4 is 11.8 Å². The largest absolute Gasteiger partial charge is 0.394 e. The number of unbranched alkanes of at least 4 members (excludes halogenated alkanes) is 33. The number of amides is 2. The second-order valence-corrected chi connectivity index (χ2v) is 28.2. The van der Waals surface area contributed by atoms with Crippen LogP contribution in [0.2, 0.25) is 0 Å². The Labute approximate surface area is 578 Å². The molecule has 4 saturated heterocycles. The Morgan fingerprint density at radius 3 is 1.25 bits per heavy atom. The molecule has 16 N–H and O–H groups in total. The van der Waals surface area contributed by atoms with E-state index in [0.29, 0.717) is 12.8 Å². The molecule has 26 heteroatoms. The number of rotatable bonds is 55. The molecule has 26 nitrogen and oxygen atoms in total. The van der Waals surface area contributed by atoms with Crippen LogP contribution in [0.25, 0.3) is 0 Å². The fourth-order valence-electron chi connectivity index (χ4n) is 13.4. The molecule has 0 spiro atoms. The van der Waals surface area contributed by atoms with Gasteiger partial charge < -0.3 is 120 Å². The van der Waals surface area contributed by atoms with Gasteiger partial charge in [0, 0.05) is 6.92 Å². The number of carbonyl (C=O) groups is 2. The second-order valence-electron chi connectivity index (χ2n) is 28.2. The first-order valence-corrected chi connectivity index (χ1v) is 37.8. The minimum absolute atomic E-state index is 0.126. The Bertz CT molecular complexity index is 1990. The number of nitrogens with one attached hydrogen (secondary N) is 2. The predicted molar refractivity (Wildman–Crippen MR) is 360 cm³/mol. The SMILES string of the molecule is CCCCCCCCCCCCCCCCCCCCCCC(O)C(=O)NC(COC1OC(CO)C(O)C(O)C1OC1OC(COC2OC(COC3OC(C(C)O)C(O)C3O)C(O)C(O)C2NC(C)=O)C(O)C(O)C1O)C(O)C(O)CCCCCCCCCCCCCCCCC. The van der Waals surface area contributed by atoms with Crippen LogP contribution in [0.5, 0.6) is 0 Å². The van der Waals surface area contributed by atoms with Crippen LogP contribution >= 0.6 is 0 Å². The van der Waals surface area contributed by atoms with Gasteiger partial charge in [-0.3, -0.25) is 9.59 Å². The molecule has 4 aliphatic rings. The maximum absolute atomic E-state index is 13.8. The Hall–Kier alpha value is -1.94. The lowest BCUT2D eigenvalue weighted by molar-refractivity contribution is -0.371. The smallest absolute Gasteiger partial charge is 0.249 e. The molecule has 0 aromatic carbocycles. The van der Waals surface area contributed by atoms with Crippen LogP contribution in [0.4, 0.5) is 0 Å². The monoisotopic (exact) mass is 1400 g/mol. The summed E-state index contributed by atoms with van der Waals surface area (Å²) in [6.07, 6.45) is 4.33. The summed E-state index contributed by atoms with van der Waals surface area (Å²) in [5, 5.41) is 159. The average molecular weight is 1400 g/mol. The van der Waals surface area contributed by atoms with Crippen molar-refractivity contribution in [1.82, 2.24) is 10.6 Å². The number of aliphatic hydroxyl groups is 14. The van der Waals surface area contributed by atoms with E-state index in [-0.39, 0.29) is 12.8 Å². The lowest BCUT2D eigenvalue weighted by Gasteiger charge is -2.47. The third kappa shape index (κ3) is 31.9.